The van der Waals surface area contributed by atoms with Crippen LogP contribution in [0.3, 0.4) is 0 Å². The van der Waals surface area contributed by atoms with Crippen LogP contribution in [0, 0.1) is 5.82 Å². The molecule has 2 atom stereocenters. The fraction of sp³-hybridized carbons (Fsp3) is 0.364. The van der Waals surface area contributed by atoms with E-state index in [1.165, 1.54) is 29.2 Å². The van der Waals surface area contributed by atoms with Gasteiger partial charge in [0.05, 0.1) is 0 Å². The second kappa shape index (κ2) is 11.0. The summed E-state index contributed by atoms with van der Waals surface area (Å²) in [5, 5.41) is 2.92. The summed E-state index contributed by atoms with van der Waals surface area (Å²) >= 11 is 3.39. The van der Waals surface area contributed by atoms with Gasteiger partial charge < -0.3 is 15.0 Å². The van der Waals surface area contributed by atoms with Crippen LogP contribution in [-0.4, -0.2) is 35.4 Å². The van der Waals surface area contributed by atoms with Gasteiger partial charge in [-0.2, -0.15) is 0 Å². The number of hydrogen-bond acceptors (Lipinski definition) is 3. The van der Waals surface area contributed by atoms with E-state index in [1.807, 2.05) is 38.1 Å². The topological polar surface area (TPSA) is 58.6 Å². The van der Waals surface area contributed by atoms with Crippen LogP contribution in [0.15, 0.2) is 53.0 Å². The summed E-state index contributed by atoms with van der Waals surface area (Å²) in [6.45, 7) is 5.63. The lowest BCUT2D eigenvalue weighted by molar-refractivity contribution is -0.142. The molecule has 0 radical (unpaired) electrons. The Morgan fingerprint density at radius 2 is 1.72 bits per heavy atom. The van der Waals surface area contributed by atoms with Crippen LogP contribution in [0.5, 0.6) is 5.75 Å². The van der Waals surface area contributed by atoms with E-state index < -0.39 is 6.04 Å². The molecular weight excluding hydrogens is 439 g/mol. The molecule has 0 aromatic heterocycles. The van der Waals surface area contributed by atoms with E-state index in [4.69, 9.17) is 4.74 Å². The Balaban J connectivity index is 2.13. The second-order valence-electron chi connectivity index (χ2n) is 6.88. The Labute approximate surface area is 179 Å². The number of nitrogens with one attached hydrogen (secondary N) is 1. The minimum Gasteiger partial charge on any atom is -0.484 e. The van der Waals surface area contributed by atoms with E-state index in [-0.39, 0.29) is 36.8 Å². The first-order valence-electron chi connectivity index (χ1n) is 9.52. The van der Waals surface area contributed by atoms with Crippen LogP contribution >= 0.6 is 15.9 Å². The zero-order valence-corrected chi connectivity index (χ0v) is 18.4. The zero-order chi connectivity index (χ0) is 21.4. The van der Waals surface area contributed by atoms with Gasteiger partial charge in [0, 0.05) is 17.1 Å². The van der Waals surface area contributed by atoms with Gasteiger partial charge in [0.25, 0.3) is 5.91 Å². The fourth-order valence-corrected chi connectivity index (χ4v) is 2.86. The van der Waals surface area contributed by atoms with Gasteiger partial charge in [0.1, 0.15) is 17.6 Å². The van der Waals surface area contributed by atoms with Crippen molar-refractivity contribution in [3.63, 3.8) is 0 Å². The van der Waals surface area contributed by atoms with Gasteiger partial charge in [0.2, 0.25) is 5.91 Å². The molecule has 0 saturated carbocycles. The predicted octanol–water partition coefficient (Wildman–Crippen LogP) is 4.30. The molecule has 156 valence electrons. The highest BCUT2D eigenvalue weighted by molar-refractivity contribution is 9.10. The Bertz CT molecular complexity index is 812. The Kier molecular flexibility index (Phi) is 8.64. The maximum absolute atomic E-state index is 13.0. The summed E-state index contributed by atoms with van der Waals surface area (Å²) < 4.78 is 19.5. The molecule has 0 heterocycles. The molecule has 2 aromatic rings. The molecule has 2 aromatic carbocycles. The molecule has 2 unspecified atom stereocenters. The van der Waals surface area contributed by atoms with Crippen LogP contribution in [0.25, 0.3) is 0 Å². The van der Waals surface area contributed by atoms with Crippen molar-refractivity contribution in [3.05, 3.63) is 64.4 Å². The monoisotopic (exact) mass is 464 g/mol. The number of rotatable bonds is 9. The van der Waals surface area contributed by atoms with Crippen molar-refractivity contribution in [1.29, 1.82) is 0 Å². The van der Waals surface area contributed by atoms with E-state index in [0.717, 1.165) is 16.5 Å². The third kappa shape index (κ3) is 7.16. The quantitative estimate of drug-likeness (QED) is 0.601. The normalized spacial score (nSPS) is 12.7. The number of amides is 2. The van der Waals surface area contributed by atoms with E-state index in [1.54, 1.807) is 6.92 Å². The first-order valence-corrected chi connectivity index (χ1v) is 10.3. The highest BCUT2D eigenvalue weighted by atomic mass is 79.9. The minimum absolute atomic E-state index is 0.0186. The molecule has 0 aliphatic rings. The van der Waals surface area contributed by atoms with Gasteiger partial charge in [-0.3, -0.25) is 9.59 Å². The number of benzene rings is 2. The molecule has 0 aliphatic carbocycles. The van der Waals surface area contributed by atoms with E-state index >= 15 is 0 Å². The van der Waals surface area contributed by atoms with Crippen LogP contribution in [-0.2, 0) is 16.1 Å². The summed E-state index contributed by atoms with van der Waals surface area (Å²) in [6, 6.07) is 12.4. The molecule has 0 aliphatic heterocycles. The summed E-state index contributed by atoms with van der Waals surface area (Å²) in [7, 11) is 0. The molecule has 0 fully saturated rings. The van der Waals surface area contributed by atoms with E-state index in [0.29, 0.717) is 5.75 Å². The van der Waals surface area contributed by atoms with Crippen molar-refractivity contribution in [2.24, 2.45) is 0 Å². The fourth-order valence-electron chi connectivity index (χ4n) is 2.59. The maximum atomic E-state index is 13.0. The highest BCUT2D eigenvalue weighted by Crippen LogP contribution is 2.16. The van der Waals surface area contributed by atoms with Crippen LogP contribution in [0.2, 0.25) is 0 Å². The smallest absolute Gasteiger partial charge is 0.261 e. The largest absolute Gasteiger partial charge is 0.484 e. The van der Waals surface area contributed by atoms with Gasteiger partial charge in [-0.05, 0) is 62.2 Å². The first kappa shape index (κ1) is 22.9. The van der Waals surface area contributed by atoms with Crippen molar-refractivity contribution in [2.45, 2.75) is 45.8 Å². The van der Waals surface area contributed by atoms with Gasteiger partial charge in [0.15, 0.2) is 6.61 Å². The lowest BCUT2D eigenvalue weighted by Crippen LogP contribution is -2.50. The number of carbonyl (C=O) groups excluding carboxylic acids is 2. The minimum atomic E-state index is -0.669. The maximum Gasteiger partial charge on any atom is 0.261 e. The summed E-state index contributed by atoms with van der Waals surface area (Å²) in [5.41, 5.74) is 0.895. The van der Waals surface area contributed by atoms with Crippen molar-refractivity contribution >= 4 is 27.7 Å². The number of carbonyl (C=O) groups is 2. The SMILES string of the molecule is CCC(C)NC(=O)C(C)N(Cc1ccc(Br)cc1)C(=O)COc1ccc(F)cc1. The van der Waals surface area contributed by atoms with Gasteiger partial charge in [-0.1, -0.05) is 35.0 Å². The Morgan fingerprint density at radius 3 is 2.31 bits per heavy atom. The van der Waals surface area contributed by atoms with Gasteiger partial charge in [-0.25, -0.2) is 4.39 Å². The Morgan fingerprint density at radius 1 is 1.10 bits per heavy atom. The summed E-state index contributed by atoms with van der Waals surface area (Å²) in [4.78, 5) is 27.0. The summed E-state index contributed by atoms with van der Waals surface area (Å²) in [5.74, 6) is -0.536. The van der Waals surface area contributed by atoms with Gasteiger partial charge >= 0.3 is 0 Å². The third-order valence-corrected chi connectivity index (χ3v) is 5.14. The Hall–Kier alpha value is -2.41. The van der Waals surface area contributed by atoms with Crippen LogP contribution < -0.4 is 10.1 Å². The zero-order valence-electron chi connectivity index (χ0n) is 16.8. The molecule has 29 heavy (non-hydrogen) atoms. The lowest BCUT2D eigenvalue weighted by Gasteiger charge is -2.29. The lowest BCUT2D eigenvalue weighted by atomic mass is 10.1. The second-order valence-corrected chi connectivity index (χ2v) is 7.80. The third-order valence-electron chi connectivity index (χ3n) is 4.61. The number of ether oxygens (including phenoxy) is 1. The average Bonchev–Trinajstić information content (AvgIpc) is 2.72. The van der Waals surface area contributed by atoms with E-state index in [9.17, 15) is 14.0 Å². The summed E-state index contributed by atoms with van der Waals surface area (Å²) in [6.07, 6.45) is 0.798. The molecule has 2 amide bonds. The van der Waals surface area contributed by atoms with Crippen molar-refractivity contribution < 1.29 is 18.7 Å². The molecule has 0 saturated heterocycles. The van der Waals surface area contributed by atoms with Crippen LogP contribution in [0.4, 0.5) is 4.39 Å². The van der Waals surface area contributed by atoms with Gasteiger partial charge in [-0.15, -0.1) is 0 Å². The molecule has 2 rings (SSSR count). The van der Waals surface area contributed by atoms with Crippen molar-refractivity contribution in [2.75, 3.05) is 6.61 Å². The standard InChI is InChI=1S/C22H26BrFN2O3/c1-4-15(2)25-22(28)16(3)26(13-17-5-7-18(23)8-6-17)21(27)14-29-20-11-9-19(24)10-12-20/h5-12,15-16H,4,13-14H2,1-3H3,(H,25,28). The molecule has 0 spiro atoms. The molecule has 0 bridgehead atoms. The number of hydrogen-bond donors (Lipinski definition) is 1. The molecular formula is C22H26BrFN2O3. The van der Waals surface area contributed by atoms with Crippen molar-refractivity contribution in [1.82, 2.24) is 10.2 Å². The molecule has 7 heteroatoms. The molecule has 5 nitrogen and oxygen atoms in total. The number of halogens is 2. The van der Waals surface area contributed by atoms with E-state index in [2.05, 4.69) is 21.2 Å². The van der Waals surface area contributed by atoms with Crippen molar-refractivity contribution in [3.8, 4) is 5.75 Å². The average molecular weight is 465 g/mol. The van der Waals surface area contributed by atoms with Crippen LogP contribution in [0.1, 0.15) is 32.8 Å². The molecule has 1 N–H and O–H groups in total. The number of nitrogens with zero attached hydrogens (tertiary/aromatic N) is 1. The first-order chi connectivity index (χ1) is 13.8. The predicted molar refractivity (Wildman–Crippen MR) is 114 cm³/mol. The highest BCUT2D eigenvalue weighted by Gasteiger charge is 2.27.